The molecule has 0 aliphatic carbocycles. The van der Waals surface area contributed by atoms with Crippen molar-refractivity contribution in [1.82, 2.24) is 3.96 Å². The van der Waals surface area contributed by atoms with Crippen LogP contribution in [0.2, 0.25) is 0 Å². The van der Waals surface area contributed by atoms with Crippen molar-refractivity contribution in [1.29, 1.82) is 0 Å². The summed E-state index contributed by atoms with van der Waals surface area (Å²) >= 11 is 6.66. The fraction of sp³-hybridized carbons (Fsp3) is 0.167. The molecule has 0 radical (unpaired) electrons. The van der Waals surface area contributed by atoms with E-state index >= 15 is 0 Å². The molecule has 0 saturated heterocycles. The molecule has 2 nitrogen and oxygen atoms in total. The molecule has 1 heterocycles. The van der Waals surface area contributed by atoms with Crippen LogP contribution in [0.3, 0.4) is 0 Å². The Kier molecular flexibility index (Phi) is 2.71. The molecule has 0 fully saturated rings. The van der Waals surface area contributed by atoms with Gasteiger partial charge >= 0.3 is 0 Å². The first-order valence-corrected chi connectivity index (χ1v) is 4.02. The van der Waals surface area contributed by atoms with Gasteiger partial charge in [-0.25, -0.2) is 0 Å². The van der Waals surface area contributed by atoms with Crippen LogP contribution in [0.25, 0.3) is 0 Å². The van der Waals surface area contributed by atoms with Gasteiger partial charge in [0, 0.05) is 17.0 Å². The Bertz CT molecular complexity index is 275. The molecule has 54 valence electrons. The smallest absolute Gasteiger partial charge is 0.260 e. The topological polar surface area (TPSA) is 22.0 Å². The molecular formula is C6H6ClNOS. The molecule has 0 atom stereocenters. The SMILES string of the molecule is O=c1ccsn1CC=CCl. The Labute approximate surface area is 67.5 Å². The maximum atomic E-state index is 10.8. The van der Waals surface area contributed by atoms with Gasteiger partial charge in [0.25, 0.3) is 5.56 Å². The maximum absolute atomic E-state index is 10.8. The standard InChI is InChI=1S/C6H6ClNOS/c7-3-1-4-8-6(9)2-5-10-8/h1-3,5H,4H2. The summed E-state index contributed by atoms with van der Waals surface area (Å²) in [5, 5.41) is 1.75. The monoisotopic (exact) mass is 175 g/mol. The molecule has 0 saturated carbocycles. The number of rotatable bonds is 2. The van der Waals surface area contributed by atoms with Crippen molar-refractivity contribution >= 4 is 23.1 Å². The molecule has 0 aromatic carbocycles. The third-order valence-corrected chi connectivity index (χ3v) is 2.02. The lowest BCUT2D eigenvalue weighted by molar-refractivity contribution is 0.878. The molecule has 1 aromatic rings. The van der Waals surface area contributed by atoms with Crippen LogP contribution in [0.4, 0.5) is 0 Å². The van der Waals surface area contributed by atoms with Gasteiger partial charge in [-0.2, -0.15) is 0 Å². The van der Waals surface area contributed by atoms with E-state index in [2.05, 4.69) is 0 Å². The van der Waals surface area contributed by atoms with Crippen LogP contribution >= 0.6 is 23.1 Å². The van der Waals surface area contributed by atoms with E-state index in [-0.39, 0.29) is 5.56 Å². The lowest BCUT2D eigenvalue weighted by Gasteiger charge is -1.89. The van der Waals surface area contributed by atoms with Crippen LogP contribution in [-0.2, 0) is 6.54 Å². The minimum atomic E-state index is 0.0276. The summed E-state index contributed by atoms with van der Waals surface area (Å²) in [6.45, 7) is 0.569. The highest BCUT2D eigenvalue weighted by atomic mass is 35.5. The molecule has 4 heteroatoms. The highest BCUT2D eigenvalue weighted by Gasteiger charge is 1.90. The van der Waals surface area contributed by atoms with Crippen molar-refractivity contribution < 1.29 is 0 Å². The van der Waals surface area contributed by atoms with Crippen LogP contribution in [0.5, 0.6) is 0 Å². The van der Waals surface area contributed by atoms with Gasteiger partial charge in [-0.15, -0.1) is 0 Å². The Morgan fingerprint density at radius 2 is 2.60 bits per heavy atom. The molecule has 0 N–H and O–H groups in total. The fourth-order valence-corrected chi connectivity index (χ4v) is 1.31. The predicted molar refractivity (Wildman–Crippen MR) is 43.6 cm³/mol. The van der Waals surface area contributed by atoms with Crippen LogP contribution < -0.4 is 5.56 Å². The van der Waals surface area contributed by atoms with Crippen LogP contribution in [0.15, 0.2) is 27.9 Å². The van der Waals surface area contributed by atoms with Gasteiger partial charge in [0.05, 0.1) is 6.54 Å². The van der Waals surface area contributed by atoms with E-state index in [0.29, 0.717) is 6.54 Å². The molecule has 0 unspecified atom stereocenters. The first-order chi connectivity index (χ1) is 4.84. The van der Waals surface area contributed by atoms with Crippen molar-refractivity contribution in [2.45, 2.75) is 6.54 Å². The minimum Gasteiger partial charge on any atom is -0.268 e. The molecule has 0 aliphatic heterocycles. The highest BCUT2D eigenvalue weighted by Crippen LogP contribution is 1.93. The van der Waals surface area contributed by atoms with Gasteiger partial charge in [-0.3, -0.25) is 8.75 Å². The summed E-state index contributed by atoms with van der Waals surface area (Å²) in [5.41, 5.74) is 1.44. The average molecular weight is 176 g/mol. The summed E-state index contributed by atoms with van der Waals surface area (Å²) < 4.78 is 1.61. The molecule has 0 amide bonds. The number of allylic oxidation sites excluding steroid dienone is 1. The third kappa shape index (κ3) is 1.72. The molecule has 0 bridgehead atoms. The summed E-state index contributed by atoms with van der Waals surface area (Å²) in [6, 6.07) is 1.53. The van der Waals surface area contributed by atoms with Crippen LogP contribution in [0, 0.1) is 0 Å². The van der Waals surface area contributed by atoms with E-state index in [0.717, 1.165) is 0 Å². The van der Waals surface area contributed by atoms with Crippen LogP contribution in [-0.4, -0.2) is 3.96 Å². The summed E-state index contributed by atoms with van der Waals surface area (Å²) in [7, 11) is 0. The van der Waals surface area contributed by atoms with Gasteiger partial charge in [0.1, 0.15) is 0 Å². The number of aromatic nitrogens is 1. The second-order valence-corrected chi connectivity index (χ2v) is 2.84. The van der Waals surface area contributed by atoms with E-state index in [9.17, 15) is 4.79 Å². The van der Waals surface area contributed by atoms with Crippen molar-refractivity contribution in [2.24, 2.45) is 0 Å². The van der Waals surface area contributed by atoms with Crippen LogP contribution in [0.1, 0.15) is 0 Å². The Morgan fingerprint density at radius 1 is 1.80 bits per heavy atom. The second-order valence-electron chi connectivity index (χ2n) is 1.67. The number of hydrogen-bond acceptors (Lipinski definition) is 2. The van der Waals surface area contributed by atoms with Crippen molar-refractivity contribution in [2.75, 3.05) is 0 Å². The zero-order valence-electron chi connectivity index (χ0n) is 5.16. The van der Waals surface area contributed by atoms with Gasteiger partial charge in [-0.1, -0.05) is 29.2 Å². The van der Waals surface area contributed by atoms with E-state index in [1.165, 1.54) is 23.1 Å². The highest BCUT2D eigenvalue weighted by molar-refractivity contribution is 7.04. The number of nitrogens with zero attached hydrogens (tertiary/aromatic N) is 1. The maximum Gasteiger partial charge on any atom is 0.260 e. The summed E-state index contributed by atoms with van der Waals surface area (Å²) in [5.74, 6) is 0. The van der Waals surface area contributed by atoms with E-state index in [1.807, 2.05) is 0 Å². The molecule has 1 rings (SSSR count). The number of halogens is 1. The quantitative estimate of drug-likeness (QED) is 0.670. The molecule has 0 spiro atoms. The van der Waals surface area contributed by atoms with Gasteiger partial charge < -0.3 is 0 Å². The molecular weight excluding hydrogens is 170 g/mol. The lowest BCUT2D eigenvalue weighted by Crippen LogP contribution is -2.10. The van der Waals surface area contributed by atoms with Gasteiger partial charge in [0.2, 0.25) is 0 Å². The summed E-state index contributed by atoms with van der Waals surface area (Å²) in [4.78, 5) is 10.8. The van der Waals surface area contributed by atoms with E-state index in [4.69, 9.17) is 11.6 Å². The van der Waals surface area contributed by atoms with Gasteiger partial charge in [0.15, 0.2) is 0 Å². The minimum absolute atomic E-state index is 0.0276. The third-order valence-electron chi connectivity index (χ3n) is 1.00. The van der Waals surface area contributed by atoms with Crippen molar-refractivity contribution in [3.05, 3.63) is 33.4 Å². The normalized spacial score (nSPS) is 10.9. The Balaban J connectivity index is 2.75. The lowest BCUT2D eigenvalue weighted by atomic mass is 10.6. The Hall–Kier alpha value is -0.540. The predicted octanol–water partition coefficient (Wildman–Crippen LogP) is 1.66. The van der Waals surface area contributed by atoms with Crippen molar-refractivity contribution in [3.8, 4) is 0 Å². The zero-order valence-corrected chi connectivity index (χ0v) is 6.73. The first kappa shape index (κ1) is 7.57. The fourth-order valence-electron chi connectivity index (χ4n) is 0.566. The molecule has 10 heavy (non-hydrogen) atoms. The van der Waals surface area contributed by atoms with Gasteiger partial charge in [-0.05, 0) is 0 Å². The number of hydrogen-bond donors (Lipinski definition) is 0. The van der Waals surface area contributed by atoms with E-state index in [1.54, 1.807) is 15.4 Å². The second kappa shape index (κ2) is 3.58. The molecule has 1 aromatic heterocycles. The largest absolute Gasteiger partial charge is 0.268 e. The zero-order chi connectivity index (χ0) is 7.40. The van der Waals surface area contributed by atoms with E-state index < -0.39 is 0 Å². The molecule has 0 aliphatic rings. The van der Waals surface area contributed by atoms with Crippen molar-refractivity contribution in [3.63, 3.8) is 0 Å². The summed E-state index contributed by atoms with van der Waals surface area (Å²) in [6.07, 6.45) is 1.72. The first-order valence-electron chi connectivity index (χ1n) is 2.74. The average Bonchev–Trinajstić information content (AvgIpc) is 2.31. The Morgan fingerprint density at radius 3 is 3.10 bits per heavy atom.